The summed E-state index contributed by atoms with van der Waals surface area (Å²) >= 11 is 0. The molecule has 3 heteroatoms. The van der Waals surface area contributed by atoms with E-state index < -0.39 is 8.07 Å². The molecule has 0 N–H and O–H groups in total. The zero-order valence-electron chi connectivity index (χ0n) is 5.39. The van der Waals surface area contributed by atoms with Crippen molar-refractivity contribution in [2.45, 2.75) is 19.6 Å². The van der Waals surface area contributed by atoms with Gasteiger partial charge in [0.05, 0.1) is 8.07 Å². The molecule has 0 aliphatic heterocycles. The SMILES string of the molecule is C=C[Si](C)(C)C.[Cu].[Cu]. The monoisotopic (exact) mass is 226 g/mol. The summed E-state index contributed by atoms with van der Waals surface area (Å²) in [6, 6.07) is 0. The van der Waals surface area contributed by atoms with Gasteiger partial charge >= 0.3 is 0 Å². The van der Waals surface area contributed by atoms with Crippen molar-refractivity contribution in [2.24, 2.45) is 0 Å². The second-order valence-corrected chi connectivity index (χ2v) is 7.71. The minimum atomic E-state index is -0.867. The molecular formula is C5H12Cu2Si. The first-order valence-corrected chi connectivity index (χ1v) is 5.77. The molecule has 0 fully saturated rings. The summed E-state index contributed by atoms with van der Waals surface area (Å²) in [7, 11) is -0.867. The van der Waals surface area contributed by atoms with Crippen molar-refractivity contribution in [1.29, 1.82) is 0 Å². The van der Waals surface area contributed by atoms with Crippen LogP contribution in [-0.2, 0) is 34.1 Å². The number of hydrogen-bond acceptors (Lipinski definition) is 0. The summed E-state index contributed by atoms with van der Waals surface area (Å²) in [5.41, 5.74) is 2.08. The molecular weight excluding hydrogens is 215 g/mol. The van der Waals surface area contributed by atoms with E-state index in [1.54, 1.807) is 0 Å². The van der Waals surface area contributed by atoms with E-state index in [2.05, 4.69) is 31.9 Å². The first-order valence-electron chi connectivity index (χ1n) is 2.20. The number of hydrogen-bond donors (Lipinski definition) is 0. The third-order valence-corrected chi connectivity index (χ3v) is 1.84. The maximum absolute atomic E-state index is 3.69. The maximum Gasteiger partial charge on any atom is 0.0679 e. The van der Waals surface area contributed by atoms with Crippen molar-refractivity contribution >= 4 is 8.07 Å². The van der Waals surface area contributed by atoms with E-state index in [-0.39, 0.29) is 34.1 Å². The first-order chi connectivity index (χ1) is 2.56. The number of rotatable bonds is 1. The topological polar surface area (TPSA) is 0 Å². The van der Waals surface area contributed by atoms with E-state index in [1.165, 1.54) is 0 Å². The molecule has 0 aromatic carbocycles. The summed E-state index contributed by atoms with van der Waals surface area (Å²) in [4.78, 5) is 0. The van der Waals surface area contributed by atoms with Crippen LogP contribution in [0.1, 0.15) is 0 Å². The van der Waals surface area contributed by atoms with Crippen molar-refractivity contribution in [3.05, 3.63) is 12.3 Å². The second-order valence-electron chi connectivity index (χ2n) is 2.57. The third-order valence-electron chi connectivity index (χ3n) is 0.612. The fourth-order valence-corrected chi connectivity index (χ4v) is 0. The van der Waals surface area contributed by atoms with E-state index in [0.29, 0.717) is 0 Å². The Morgan fingerprint density at radius 1 is 1.12 bits per heavy atom. The largest absolute Gasteiger partial charge is 0.107 e. The van der Waals surface area contributed by atoms with Crippen molar-refractivity contribution in [2.75, 3.05) is 0 Å². The standard InChI is InChI=1S/C5H12Si.2Cu/c1-5-6(2,3)4;;/h5H,1H2,2-4H3;;. The fourth-order valence-electron chi connectivity index (χ4n) is 0. The van der Waals surface area contributed by atoms with Gasteiger partial charge in [-0.3, -0.25) is 0 Å². The average molecular weight is 227 g/mol. The van der Waals surface area contributed by atoms with Crippen LogP contribution in [-0.4, -0.2) is 8.07 Å². The van der Waals surface area contributed by atoms with Crippen LogP contribution < -0.4 is 0 Å². The normalized spacial score (nSPS) is 8.38. The molecule has 0 heterocycles. The zero-order chi connectivity index (χ0) is 5.21. The van der Waals surface area contributed by atoms with Gasteiger partial charge in [-0.2, -0.15) is 0 Å². The molecule has 0 saturated carbocycles. The minimum Gasteiger partial charge on any atom is -0.107 e. The summed E-state index contributed by atoms with van der Waals surface area (Å²) in [5, 5.41) is 0. The minimum absolute atomic E-state index is 0. The Labute approximate surface area is 74.1 Å². The van der Waals surface area contributed by atoms with E-state index >= 15 is 0 Å². The van der Waals surface area contributed by atoms with Gasteiger partial charge < -0.3 is 0 Å². The van der Waals surface area contributed by atoms with Crippen LogP contribution in [0.4, 0.5) is 0 Å². The molecule has 0 nitrogen and oxygen atoms in total. The Balaban J connectivity index is -0.000000125. The van der Waals surface area contributed by atoms with Gasteiger partial charge in [0.1, 0.15) is 0 Å². The smallest absolute Gasteiger partial charge is 0.0679 e. The van der Waals surface area contributed by atoms with Gasteiger partial charge in [0.25, 0.3) is 0 Å². The van der Waals surface area contributed by atoms with Crippen LogP contribution in [0.25, 0.3) is 0 Å². The van der Waals surface area contributed by atoms with Gasteiger partial charge in [0.2, 0.25) is 0 Å². The van der Waals surface area contributed by atoms with Gasteiger partial charge in [0.15, 0.2) is 0 Å². The molecule has 58 valence electrons. The Bertz CT molecular complexity index is 55.9. The molecule has 0 saturated heterocycles. The maximum atomic E-state index is 3.69. The van der Waals surface area contributed by atoms with E-state index in [1.807, 2.05) is 0 Å². The van der Waals surface area contributed by atoms with Crippen LogP contribution in [0.3, 0.4) is 0 Å². The summed E-state index contributed by atoms with van der Waals surface area (Å²) < 4.78 is 0. The Morgan fingerprint density at radius 3 is 1.25 bits per heavy atom. The Morgan fingerprint density at radius 2 is 1.25 bits per heavy atom. The first kappa shape index (κ1) is 16.0. The predicted molar refractivity (Wildman–Crippen MR) is 33.5 cm³/mol. The summed E-state index contributed by atoms with van der Waals surface area (Å²) in [5.74, 6) is 0. The molecule has 0 aromatic heterocycles. The van der Waals surface area contributed by atoms with Crippen LogP contribution in [0, 0.1) is 0 Å². The Hall–Kier alpha value is 0.996. The molecule has 0 aromatic rings. The van der Waals surface area contributed by atoms with Crippen LogP contribution in [0.2, 0.25) is 19.6 Å². The van der Waals surface area contributed by atoms with E-state index in [9.17, 15) is 0 Å². The van der Waals surface area contributed by atoms with E-state index in [4.69, 9.17) is 0 Å². The van der Waals surface area contributed by atoms with Crippen LogP contribution in [0.15, 0.2) is 12.3 Å². The molecule has 0 bridgehead atoms. The predicted octanol–water partition coefficient (Wildman–Crippen LogP) is 2.04. The fraction of sp³-hybridized carbons (Fsp3) is 0.600. The van der Waals surface area contributed by atoms with Gasteiger partial charge in [-0.05, 0) is 0 Å². The van der Waals surface area contributed by atoms with Gasteiger partial charge in [0, 0.05) is 34.1 Å². The molecule has 8 heavy (non-hydrogen) atoms. The van der Waals surface area contributed by atoms with Crippen LogP contribution >= 0.6 is 0 Å². The molecule has 0 spiro atoms. The van der Waals surface area contributed by atoms with Crippen molar-refractivity contribution in [3.63, 3.8) is 0 Å². The van der Waals surface area contributed by atoms with Crippen LogP contribution in [0.5, 0.6) is 0 Å². The summed E-state index contributed by atoms with van der Waals surface area (Å²) in [6.07, 6.45) is 0. The van der Waals surface area contributed by atoms with E-state index in [0.717, 1.165) is 0 Å². The second kappa shape index (κ2) is 6.12. The molecule has 0 unspecified atom stereocenters. The van der Waals surface area contributed by atoms with Gasteiger partial charge in [-0.1, -0.05) is 19.6 Å². The molecule has 2 radical (unpaired) electrons. The third kappa shape index (κ3) is 15.8. The quantitative estimate of drug-likeness (QED) is 0.601. The van der Waals surface area contributed by atoms with Gasteiger partial charge in [-0.25, -0.2) is 0 Å². The average Bonchev–Trinajstić information content (AvgIpc) is 1.35. The van der Waals surface area contributed by atoms with Crippen molar-refractivity contribution in [1.82, 2.24) is 0 Å². The zero-order valence-corrected chi connectivity index (χ0v) is 8.27. The Kier molecular flexibility index (Phi) is 12.2. The van der Waals surface area contributed by atoms with Crippen molar-refractivity contribution in [3.8, 4) is 0 Å². The molecule has 0 aliphatic carbocycles. The van der Waals surface area contributed by atoms with Gasteiger partial charge in [-0.15, -0.1) is 12.3 Å². The molecule has 0 atom stereocenters. The van der Waals surface area contributed by atoms with Crippen molar-refractivity contribution < 1.29 is 34.1 Å². The summed E-state index contributed by atoms with van der Waals surface area (Å²) in [6.45, 7) is 10.5. The molecule has 0 amide bonds. The molecule has 0 rings (SSSR count). The molecule has 0 aliphatic rings.